The highest BCUT2D eigenvalue weighted by Gasteiger charge is 2.33. The first-order valence-corrected chi connectivity index (χ1v) is 11.6. The van der Waals surface area contributed by atoms with E-state index in [1.807, 2.05) is 20.8 Å². The molecule has 0 aliphatic carbocycles. The zero-order chi connectivity index (χ0) is 27.4. The molecule has 0 bridgehead atoms. The Morgan fingerprint density at radius 1 is 1.19 bits per heavy atom. The number of carbonyl (C=O) groups is 2. The lowest BCUT2D eigenvalue weighted by atomic mass is 10.1. The molecule has 37 heavy (non-hydrogen) atoms. The van der Waals surface area contributed by atoms with Crippen LogP contribution in [0.3, 0.4) is 0 Å². The van der Waals surface area contributed by atoms with Crippen LogP contribution in [0.4, 0.5) is 29.3 Å². The summed E-state index contributed by atoms with van der Waals surface area (Å²) >= 11 is 0. The highest BCUT2D eigenvalue weighted by Crippen LogP contribution is 2.31. The lowest BCUT2D eigenvalue weighted by molar-refractivity contribution is -0.141. The van der Waals surface area contributed by atoms with Gasteiger partial charge in [-0.1, -0.05) is 6.07 Å². The molecule has 0 radical (unpaired) electrons. The van der Waals surface area contributed by atoms with Crippen LogP contribution in [0.1, 0.15) is 55.4 Å². The number of likely N-dealkylation sites (tertiary alicyclic amines) is 1. The Bertz CT molecular complexity index is 1170. The molecule has 0 spiro atoms. The monoisotopic (exact) mass is 521 g/mol. The zero-order valence-corrected chi connectivity index (χ0v) is 21.1. The summed E-state index contributed by atoms with van der Waals surface area (Å²) in [5, 5.41) is 2.53. The number of methoxy groups -OCH3 is 1. The molecule has 2 amide bonds. The second kappa shape index (κ2) is 11.1. The third-order valence-corrected chi connectivity index (χ3v) is 5.47. The Morgan fingerprint density at radius 3 is 2.46 bits per heavy atom. The predicted molar refractivity (Wildman–Crippen MR) is 133 cm³/mol. The van der Waals surface area contributed by atoms with E-state index in [4.69, 9.17) is 15.2 Å². The fourth-order valence-corrected chi connectivity index (χ4v) is 3.61. The Hall–Kier alpha value is -3.83. The van der Waals surface area contributed by atoms with Gasteiger partial charge in [-0.05, 0) is 51.8 Å². The van der Waals surface area contributed by atoms with Gasteiger partial charge in [0.25, 0.3) is 5.91 Å². The van der Waals surface area contributed by atoms with E-state index in [0.717, 1.165) is 12.1 Å². The number of nitrogens with zero attached hydrogens (tertiary/aromatic N) is 3. The van der Waals surface area contributed by atoms with Crippen LogP contribution in [0.25, 0.3) is 0 Å². The van der Waals surface area contributed by atoms with Crippen molar-refractivity contribution in [3.8, 4) is 5.75 Å². The maximum Gasteiger partial charge on any atom is 0.433 e. The van der Waals surface area contributed by atoms with Crippen molar-refractivity contribution in [2.45, 2.75) is 51.4 Å². The number of anilines is 2. The summed E-state index contributed by atoms with van der Waals surface area (Å²) in [7, 11) is 1.37. The molecule has 1 aliphatic rings. The highest BCUT2D eigenvalue weighted by atomic mass is 19.4. The molecule has 1 aromatic carbocycles. The van der Waals surface area contributed by atoms with Crippen molar-refractivity contribution in [1.82, 2.24) is 9.88 Å². The molecule has 1 saturated heterocycles. The highest BCUT2D eigenvalue weighted by molar-refractivity contribution is 6.04. The van der Waals surface area contributed by atoms with Crippen LogP contribution in [0.15, 0.2) is 35.3 Å². The lowest BCUT2D eigenvalue weighted by Gasteiger charge is -2.32. The summed E-state index contributed by atoms with van der Waals surface area (Å²) < 4.78 is 49.6. The molecular weight excluding hydrogens is 491 g/mol. The van der Waals surface area contributed by atoms with Crippen LogP contribution in [0.2, 0.25) is 0 Å². The number of carbonyl (C=O) groups excluding carboxylic acids is 2. The van der Waals surface area contributed by atoms with Crippen molar-refractivity contribution in [3.05, 3.63) is 47.3 Å². The average molecular weight is 522 g/mol. The van der Waals surface area contributed by atoms with E-state index in [1.54, 1.807) is 11.1 Å². The van der Waals surface area contributed by atoms with E-state index in [9.17, 15) is 22.8 Å². The fraction of sp³-hybridized carbons (Fsp3) is 0.440. The first kappa shape index (κ1) is 27.8. The number of alkyl halides is 3. The predicted octanol–water partition coefficient (Wildman–Crippen LogP) is 4.76. The van der Waals surface area contributed by atoms with E-state index in [0.29, 0.717) is 37.2 Å². The molecular formula is C25H30F3N5O4. The number of benzene rings is 1. The largest absolute Gasteiger partial charge is 0.494 e. The number of aromatic nitrogens is 1. The van der Waals surface area contributed by atoms with Crippen molar-refractivity contribution >= 4 is 29.6 Å². The Labute approximate surface area is 212 Å². The summed E-state index contributed by atoms with van der Waals surface area (Å²) in [6.07, 6.45) is -2.19. The van der Waals surface area contributed by atoms with Crippen LogP contribution in [0.5, 0.6) is 5.75 Å². The van der Waals surface area contributed by atoms with Crippen LogP contribution >= 0.6 is 0 Å². The SMILES string of the molecule is COc1cc(N)c(C=NC2CCN(C(=O)OC(C)(C)C)CC2)cc1NC(=O)c1cccc(C(F)(F)F)n1. The normalized spacial score (nSPS) is 15.1. The van der Waals surface area contributed by atoms with Crippen LogP contribution < -0.4 is 15.8 Å². The number of ether oxygens (including phenoxy) is 2. The number of halogens is 3. The van der Waals surface area contributed by atoms with Gasteiger partial charge in [0, 0.05) is 36.6 Å². The van der Waals surface area contributed by atoms with E-state index in [-0.39, 0.29) is 23.6 Å². The first-order chi connectivity index (χ1) is 17.3. The quantitative estimate of drug-likeness (QED) is 0.433. The van der Waals surface area contributed by atoms with Crippen molar-refractivity contribution in [1.29, 1.82) is 0 Å². The molecule has 2 heterocycles. The Kier molecular flexibility index (Phi) is 8.29. The van der Waals surface area contributed by atoms with E-state index < -0.39 is 29.1 Å². The van der Waals surface area contributed by atoms with E-state index in [2.05, 4.69) is 15.3 Å². The first-order valence-electron chi connectivity index (χ1n) is 11.6. The van der Waals surface area contributed by atoms with Gasteiger partial charge in [0.2, 0.25) is 0 Å². The van der Waals surface area contributed by atoms with Gasteiger partial charge in [0.1, 0.15) is 22.7 Å². The maximum absolute atomic E-state index is 13.0. The van der Waals surface area contributed by atoms with Crippen molar-refractivity contribution in [2.24, 2.45) is 4.99 Å². The summed E-state index contributed by atoms with van der Waals surface area (Å²) in [4.78, 5) is 34.5. The minimum atomic E-state index is -4.68. The molecule has 2 aromatic rings. The number of rotatable bonds is 5. The zero-order valence-electron chi connectivity index (χ0n) is 21.1. The molecule has 3 N–H and O–H groups in total. The summed E-state index contributed by atoms with van der Waals surface area (Å²) in [5.74, 6) is -0.618. The van der Waals surface area contributed by atoms with Crippen LogP contribution in [0, 0.1) is 0 Å². The lowest BCUT2D eigenvalue weighted by Crippen LogP contribution is -2.42. The summed E-state index contributed by atoms with van der Waals surface area (Å²) in [5.41, 5.74) is 5.00. The third kappa shape index (κ3) is 7.58. The van der Waals surface area contributed by atoms with Crippen molar-refractivity contribution in [2.75, 3.05) is 31.2 Å². The summed E-state index contributed by atoms with van der Waals surface area (Å²) in [6, 6.07) is 6.04. The van der Waals surface area contributed by atoms with Crippen LogP contribution in [-0.2, 0) is 10.9 Å². The standard InChI is InChI=1S/C25H30F3N5O4/c1-24(2,3)37-23(35)33-10-8-16(9-11-33)30-14-15-12-19(20(36-4)13-17(15)29)32-22(34)18-6-5-7-21(31-18)25(26,27)28/h5-7,12-14,16H,8-11,29H2,1-4H3,(H,32,34). The second-order valence-electron chi connectivity index (χ2n) is 9.52. The topological polar surface area (TPSA) is 119 Å². The average Bonchev–Trinajstić information content (AvgIpc) is 2.82. The van der Waals surface area contributed by atoms with Crippen molar-refractivity contribution < 1.29 is 32.2 Å². The number of aliphatic imine (C=N–C) groups is 1. The molecule has 0 unspecified atom stereocenters. The molecule has 12 heteroatoms. The van der Waals surface area contributed by atoms with Gasteiger partial charge in [-0.3, -0.25) is 9.79 Å². The third-order valence-electron chi connectivity index (χ3n) is 5.47. The molecule has 0 atom stereocenters. The fourth-order valence-electron chi connectivity index (χ4n) is 3.61. The van der Waals surface area contributed by atoms with E-state index >= 15 is 0 Å². The van der Waals surface area contributed by atoms with Gasteiger partial charge in [-0.25, -0.2) is 9.78 Å². The second-order valence-corrected chi connectivity index (χ2v) is 9.52. The number of hydrogen-bond donors (Lipinski definition) is 2. The van der Waals surface area contributed by atoms with E-state index in [1.165, 1.54) is 25.3 Å². The number of nitrogen functional groups attached to an aromatic ring is 1. The Balaban J connectivity index is 1.71. The molecule has 0 saturated carbocycles. The minimum Gasteiger partial charge on any atom is -0.494 e. The van der Waals surface area contributed by atoms with Crippen molar-refractivity contribution in [3.63, 3.8) is 0 Å². The molecule has 200 valence electrons. The van der Waals surface area contributed by atoms with Gasteiger partial charge in [0.15, 0.2) is 0 Å². The number of nitrogens with one attached hydrogen (secondary N) is 1. The van der Waals surface area contributed by atoms with Gasteiger partial charge < -0.3 is 25.4 Å². The molecule has 9 nitrogen and oxygen atoms in total. The number of amides is 2. The van der Waals surface area contributed by atoms with Crippen LogP contribution in [-0.4, -0.2) is 59.9 Å². The molecule has 1 fully saturated rings. The minimum absolute atomic E-state index is 0.0486. The number of piperidine rings is 1. The van der Waals surface area contributed by atoms with Gasteiger partial charge in [-0.15, -0.1) is 0 Å². The molecule has 3 rings (SSSR count). The van der Waals surface area contributed by atoms with Gasteiger partial charge >= 0.3 is 12.3 Å². The molecule has 1 aromatic heterocycles. The number of pyridine rings is 1. The number of nitrogens with two attached hydrogens (primary N) is 1. The Morgan fingerprint density at radius 2 is 1.86 bits per heavy atom. The van der Waals surface area contributed by atoms with Gasteiger partial charge in [-0.2, -0.15) is 13.2 Å². The van der Waals surface area contributed by atoms with Gasteiger partial charge in [0.05, 0.1) is 18.8 Å². The summed E-state index contributed by atoms with van der Waals surface area (Å²) in [6.45, 7) is 6.44. The number of hydrogen-bond acceptors (Lipinski definition) is 7. The molecule has 1 aliphatic heterocycles. The maximum atomic E-state index is 13.0. The smallest absolute Gasteiger partial charge is 0.433 e.